The van der Waals surface area contributed by atoms with Crippen molar-refractivity contribution in [1.82, 2.24) is 4.98 Å². The lowest BCUT2D eigenvalue weighted by Crippen LogP contribution is -2.27. The molecule has 4 aromatic rings. The molecule has 4 rings (SSSR count). The van der Waals surface area contributed by atoms with E-state index in [-0.39, 0.29) is 16.5 Å². The average molecular weight is 436 g/mol. The van der Waals surface area contributed by atoms with Crippen LogP contribution in [-0.4, -0.2) is 25.0 Å². The van der Waals surface area contributed by atoms with Crippen molar-refractivity contribution in [3.05, 3.63) is 90.1 Å². The van der Waals surface area contributed by atoms with Crippen molar-refractivity contribution in [2.45, 2.75) is 6.18 Å². The van der Waals surface area contributed by atoms with Crippen molar-refractivity contribution in [2.24, 2.45) is 0 Å². The summed E-state index contributed by atoms with van der Waals surface area (Å²) in [4.78, 5) is 19.0. The number of carbonyl (C=O) groups is 1. The van der Waals surface area contributed by atoms with Gasteiger partial charge in [-0.25, -0.2) is 0 Å². The molecule has 162 valence electrons. The fraction of sp³-hybridized carbons (Fsp3) is 0.120. The number of benzene rings is 3. The Hall–Kier alpha value is -3.87. The quantitative estimate of drug-likeness (QED) is 0.382. The number of hydrogen-bond donors (Lipinski definition) is 0. The van der Waals surface area contributed by atoms with E-state index >= 15 is 0 Å². The smallest absolute Gasteiger partial charge is 0.418 e. The SMILES string of the molecule is COc1ccccc1N(C)C(=O)c1cnc2c(C(F)(F)F)cccc2c1-c1ccccc1. The molecule has 1 amide bonds. The minimum atomic E-state index is -4.57. The molecule has 0 saturated heterocycles. The number of pyridine rings is 1. The van der Waals surface area contributed by atoms with Crippen LogP contribution in [0.1, 0.15) is 15.9 Å². The van der Waals surface area contributed by atoms with Gasteiger partial charge in [-0.15, -0.1) is 0 Å². The minimum Gasteiger partial charge on any atom is -0.495 e. The number of ether oxygens (including phenoxy) is 1. The Morgan fingerprint density at radius 2 is 1.62 bits per heavy atom. The predicted molar refractivity (Wildman–Crippen MR) is 118 cm³/mol. The summed E-state index contributed by atoms with van der Waals surface area (Å²) >= 11 is 0. The van der Waals surface area contributed by atoms with E-state index in [1.54, 1.807) is 67.7 Å². The Morgan fingerprint density at radius 3 is 2.31 bits per heavy atom. The van der Waals surface area contributed by atoms with Crippen LogP contribution in [0.25, 0.3) is 22.0 Å². The standard InChI is InChI=1S/C25H19F3N2O2/c1-30(20-13-6-7-14-21(20)32-2)24(31)18-15-29-23-17(11-8-12-19(23)25(26,27)28)22(18)16-9-4-3-5-10-16/h3-15H,1-2H3. The van der Waals surface area contributed by atoms with Gasteiger partial charge >= 0.3 is 6.18 Å². The lowest BCUT2D eigenvalue weighted by Gasteiger charge is -2.22. The summed E-state index contributed by atoms with van der Waals surface area (Å²) in [6, 6.07) is 19.8. The largest absolute Gasteiger partial charge is 0.495 e. The summed E-state index contributed by atoms with van der Waals surface area (Å²) in [5, 5.41) is 0.255. The molecule has 3 aromatic carbocycles. The molecule has 7 heteroatoms. The van der Waals surface area contributed by atoms with Gasteiger partial charge in [0.05, 0.1) is 29.4 Å². The lowest BCUT2D eigenvalue weighted by molar-refractivity contribution is -0.136. The van der Waals surface area contributed by atoms with Gasteiger partial charge in [0, 0.05) is 24.2 Å². The van der Waals surface area contributed by atoms with Crippen LogP contribution in [0.15, 0.2) is 79.0 Å². The molecule has 32 heavy (non-hydrogen) atoms. The molecule has 0 bridgehead atoms. The summed E-state index contributed by atoms with van der Waals surface area (Å²) in [5.74, 6) is 0.0814. The molecule has 0 atom stereocenters. The van der Waals surface area contributed by atoms with E-state index < -0.39 is 17.6 Å². The third kappa shape index (κ3) is 3.77. The maximum atomic E-state index is 13.6. The lowest BCUT2D eigenvalue weighted by atomic mass is 9.94. The first kappa shape index (κ1) is 21.4. The van der Waals surface area contributed by atoms with Crippen molar-refractivity contribution < 1.29 is 22.7 Å². The van der Waals surface area contributed by atoms with Gasteiger partial charge in [-0.1, -0.05) is 54.6 Å². The average Bonchev–Trinajstić information content (AvgIpc) is 2.81. The number of nitrogens with zero attached hydrogens (tertiary/aromatic N) is 2. The summed E-state index contributed by atoms with van der Waals surface area (Å²) < 4.78 is 46.2. The first-order chi connectivity index (χ1) is 15.3. The van der Waals surface area contributed by atoms with Crippen LogP contribution < -0.4 is 9.64 Å². The number of hydrogen-bond acceptors (Lipinski definition) is 3. The fourth-order valence-corrected chi connectivity index (χ4v) is 3.73. The fourth-order valence-electron chi connectivity index (χ4n) is 3.73. The normalized spacial score (nSPS) is 11.4. The number of fused-ring (bicyclic) bond motifs is 1. The highest BCUT2D eigenvalue weighted by atomic mass is 19.4. The molecular formula is C25H19F3N2O2. The van der Waals surface area contributed by atoms with E-state index in [0.29, 0.717) is 22.6 Å². The van der Waals surface area contributed by atoms with Crippen LogP contribution in [0.3, 0.4) is 0 Å². The number of anilines is 1. The number of aromatic nitrogens is 1. The highest BCUT2D eigenvalue weighted by Gasteiger charge is 2.34. The Labute approximate surface area is 182 Å². The Bertz CT molecular complexity index is 1290. The number of carbonyl (C=O) groups excluding carboxylic acids is 1. The van der Waals surface area contributed by atoms with Gasteiger partial charge in [-0.3, -0.25) is 9.78 Å². The zero-order chi connectivity index (χ0) is 22.9. The van der Waals surface area contributed by atoms with Crippen molar-refractivity contribution >= 4 is 22.5 Å². The van der Waals surface area contributed by atoms with Crippen molar-refractivity contribution in [2.75, 3.05) is 19.1 Å². The molecule has 0 N–H and O–H groups in total. The van der Waals surface area contributed by atoms with E-state index in [4.69, 9.17) is 4.74 Å². The van der Waals surface area contributed by atoms with Crippen LogP contribution in [0.5, 0.6) is 5.75 Å². The second-order valence-electron chi connectivity index (χ2n) is 7.15. The van der Waals surface area contributed by atoms with Gasteiger partial charge in [0.1, 0.15) is 5.75 Å². The molecule has 0 fully saturated rings. The number of amides is 1. The molecule has 0 aliphatic heterocycles. The molecule has 1 heterocycles. The van der Waals surface area contributed by atoms with E-state index in [1.807, 2.05) is 0 Å². The van der Waals surface area contributed by atoms with Gasteiger partial charge in [0.2, 0.25) is 0 Å². The zero-order valence-electron chi connectivity index (χ0n) is 17.4. The highest BCUT2D eigenvalue weighted by Crippen LogP contribution is 2.39. The Kier molecular flexibility index (Phi) is 5.57. The van der Waals surface area contributed by atoms with E-state index in [2.05, 4.69) is 4.98 Å². The molecule has 0 saturated carbocycles. The Balaban J connectivity index is 1.96. The van der Waals surface area contributed by atoms with Crippen LogP contribution in [0.2, 0.25) is 0 Å². The Morgan fingerprint density at radius 1 is 0.938 bits per heavy atom. The van der Waals surface area contributed by atoms with Gasteiger partial charge < -0.3 is 9.64 Å². The number of methoxy groups -OCH3 is 1. The number of para-hydroxylation sites is 3. The predicted octanol–water partition coefficient (Wildman–Crippen LogP) is 6.21. The second-order valence-corrected chi connectivity index (χ2v) is 7.15. The van der Waals surface area contributed by atoms with E-state index in [1.165, 1.54) is 24.3 Å². The monoisotopic (exact) mass is 436 g/mol. The minimum absolute atomic E-state index is 0.191. The molecular weight excluding hydrogens is 417 g/mol. The molecule has 0 aliphatic carbocycles. The van der Waals surface area contributed by atoms with Gasteiger partial charge in [0.25, 0.3) is 5.91 Å². The summed E-state index contributed by atoms with van der Waals surface area (Å²) in [5.41, 5.74) is 0.698. The molecule has 0 radical (unpaired) electrons. The van der Waals surface area contributed by atoms with Gasteiger partial charge in [0.15, 0.2) is 0 Å². The molecule has 0 spiro atoms. The summed E-state index contributed by atoms with van der Waals surface area (Å²) in [6.07, 6.45) is -3.35. The third-order valence-corrected chi connectivity index (χ3v) is 5.25. The first-order valence-corrected chi connectivity index (χ1v) is 9.78. The van der Waals surface area contributed by atoms with Crippen LogP contribution in [0.4, 0.5) is 18.9 Å². The highest BCUT2D eigenvalue weighted by molar-refractivity contribution is 6.15. The third-order valence-electron chi connectivity index (χ3n) is 5.25. The van der Waals surface area contributed by atoms with Gasteiger partial charge in [-0.2, -0.15) is 13.2 Å². The van der Waals surface area contributed by atoms with Crippen molar-refractivity contribution in [3.8, 4) is 16.9 Å². The van der Waals surface area contributed by atoms with Crippen LogP contribution in [0, 0.1) is 0 Å². The summed E-state index contributed by atoms with van der Waals surface area (Å²) in [6.45, 7) is 0. The first-order valence-electron chi connectivity index (χ1n) is 9.78. The number of halogens is 3. The maximum absolute atomic E-state index is 13.6. The second kappa shape index (κ2) is 8.34. The van der Waals surface area contributed by atoms with E-state index in [0.717, 1.165) is 6.07 Å². The van der Waals surface area contributed by atoms with Crippen LogP contribution in [-0.2, 0) is 6.18 Å². The summed E-state index contributed by atoms with van der Waals surface area (Å²) in [7, 11) is 3.09. The maximum Gasteiger partial charge on any atom is 0.418 e. The van der Waals surface area contributed by atoms with E-state index in [9.17, 15) is 18.0 Å². The molecule has 1 aromatic heterocycles. The van der Waals surface area contributed by atoms with Crippen LogP contribution >= 0.6 is 0 Å². The molecule has 4 nitrogen and oxygen atoms in total. The molecule has 0 unspecified atom stereocenters. The number of alkyl halides is 3. The van der Waals surface area contributed by atoms with Gasteiger partial charge in [-0.05, 0) is 23.8 Å². The topological polar surface area (TPSA) is 42.4 Å². The molecule has 0 aliphatic rings. The van der Waals surface area contributed by atoms with Crippen molar-refractivity contribution in [3.63, 3.8) is 0 Å². The van der Waals surface area contributed by atoms with Crippen molar-refractivity contribution in [1.29, 1.82) is 0 Å². The zero-order valence-corrected chi connectivity index (χ0v) is 17.4. The number of rotatable bonds is 4.